The Morgan fingerprint density at radius 1 is 1.20 bits per heavy atom. The predicted octanol–water partition coefficient (Wildman–Crippen LogP) is 3.71. The van der Waals surface area contributed by atoms with Gasteiger partial charge >= 0.3 is 5.69 Å². The molecule has 10 heteroatoms. The molecule has 0 bridgehead atoms. The van der Waals surface area contributed by atoms with Crippen LogP contribution in [0.25, 0.3) is 0 Å². The summed E-state index contributed by atoms with van der Waals surface area (Å²) in [6.07, 6.45) is 2.79. The van der Waals surface area contributed by atoms with Gasteiger partial charge in [0, 0.05) is 11.6 Å². The van der Waals surface area contributed by atoms with Crippen molar-refractivity contribution in [1.29, 1.82) is 0 Å². The van der Waals surface area contributed by atoms with Crippen molar-refractivity contribution in [3.63, 3.8) is 0 Å². The van der Waals surface area contributed by atoms with Crippen molar-refractivity contribution in [3.05, 3.63) is 57.1 Å². The van der Waals surface area contributed by atoms with Crippen molar-refractivity contribution < 1.29 is 22.8 Å². The van der Waals surface area contributed by atoms with Crippen LogP contribution in [0.5, 0.6) is 11.5 Å². The van der Waals surface area contributed by atoms with E-state index in [1.165, 1.54) is 31.5 Å². The average Bonchev–Trinajstić information content (AvgIpc) is 2.70. The van der Waals surface area contributed by atoms with E-state index in [4.69, 9.17) is 9.47 Å². The topological polar surface area (TPSA) is 120 Å². The third kappa shape index (κ3) is 5.69. The molecule has 9 nitrogen and oxygen atoms in total. The highest BCUT2D eigenvalue weighted by Crippen LogP contribution is 2.38. The molecule has 162 valence electrons. The van der Waals surface area contributed by atoms with E-state index in [-0.39, 0.29) is 27.6 Å². The summed E-state index contributed by atoms with van der Waals surface area (Å²) >= 11 is 0. The van der Waals surface area contributed by atoms with Crippen LogP contribution in [-0.2, 0) is 10.0 Å². The van der Waals surface area contributed by atoms with E-state index in [2.05, 4.69) is 9.93 Å². The van der Waals surface area contributed by atoms with Crippen LogP contribution in [0.3, 0.4) is 0 Å². The maximum atomic E-state index is 12.4. The van der Waals surface area contributed by atoms with Gasteiger partial charge in [0.05, 0.1) is 29.8 Å². The molecule has 0 unspecified atom stereocenters. The third-order valence-electron chi connectivity index (χ3n) is 4.39. The number of nitrogens with zero attached hydrogens (tertiary/aromatic N) is 2. The van der Waals surface area contributed by atoms with E-state index < -0.39 is 14.9 Å². The summed E-state index contributed by atoms with van der Waals surface area (Å²) in [4.78, 5) is 13.1. The minimum absolute atomic E-state index is 0.0313. The van der Waals surface area contributed by atoms with E-state index in [9.17, 15) is 18.5 Å². The van der Waals surface area contributed by atoms with Gasteiger partial charge in [-0.3, -0.25) is 10.1 Å². The molecule has 0 saturated heterocycles. The molecular formula is C20H25N3O6S. The fourth-order valence-electron chi connectivity index (χ4n) is 2.54. The second kappa shape index (κ2) is 10.1. The lowest BCUT2D eigenvalue weighted by atomic mass is 10.1. The molecule has 1 N–H and O–H groups in total. The molecule has 0 aliphatic carbocycles. The SMILES string of the molecule is CCCCOc1c(OC)cc(/C=N/NS(=O)(=O)c2ccc(C)c(C)c2)cc1[N+](=O)[O-]. The molecule has 0 aliphatic heterocycles. The molecule has 0 radical (unpaired) electrons. The van der Waals surface area contributed by atoms with Gasteiger partial charge < -0.3 is 9.47 Å². The van der Waals surface area contributed by atoms with Gasteiger partial charge in [-0.2, -0.15) is 13.5 Å². The van der Waals surface area contributed by atoms with Crippen molar-refractivity contribution in [3.8, 4) is 11.5 Å². The molecule has 0 fully saturated rings. The number of aryl methyl sites for hydroxylation is 2. The number of unbranched alkanes of at least 4 members (excludes halogenated alkanes) is 1. The molecule has 2 aromatic carbocycles. The Morgan fingerprint density at radius 3 is 2.53 bits per heavy atom. The minimum Gasteiger partial charge on any atom is -0.493 e. The zero-order chi connectivity index (χ0) is 22.3. The zero-order valence-corrected chi connectivity index (χ0v) is 18.2. The lowest BCUT2D eigenvalue weighted by Gasteiger charge is -2.11. The average molecular weight is 436 g/mol. The van der Waals surface area contributed by atoms with Gasteiger partial charge in [-0.25, -0.2) is 4.83 Å². The molecule has 0 atom stereocenters. The lowest BCUT2D eigenvalue weighted by molar-refractivity contribution is -0.386. The number of benzene rings is 2. The maximum Gasteiger partial charge on any atom is 0.315 e. The Bertz CT molecular complexity index is 1050. The number of ether oxygens (including phenoxy) is 2. The highest BCUT2D eigenvalue weighted by molar-refractivity contribution is 7.89. The summed E-state index contributed by atoms with van der Waals surface area (Å²) < 4.78 is 35.6. The van der Waals surface area contributed by atoms with Crippen LogP contribution in [0.1, 0.15) is 36.5 Å². The highest BCUT2D eigenvalue weighted by atomic mass is 32.2. The summed E-state index contributed by atoms with van der Waals surface area (Å²) in [6.45, 7) is 5.99. The summed E-state index contributed by atoms with van der Waals surface area (Å²) in [7, 11) is -2.50. The number of hydrazone groups is 1. The lowest BCUT2D eigenvalue weighted by Crippen LogP contribution is -2.18. The van der Waals surface area contributed by atoms with Gasteiger partial charge in [0.1, 0.15) is 0 Å². The smallest absolute Gasteiger partial charge is 0.315 e. The summed E-state index contributed by atoms with van der Waals surface area (Å²) in [6, 6.07) is 7.47. The van der Waals surface area contributed by atoms with Crippen LogP contribution in [0.2, 0.25) is 0 Å². The maximum absolute atomic E-state index is 12.4. The Kier molecular flexibility index (Phi) is 7.76. The Balaban J connectivity index is 2.28. The highest BCUT2D eigenvalue weighted by Gasteiger charge is 2.22. The van der Waals surface area contributed by atoms with Crippen LogP contribution in [-0.4, -0.2) is 33.3 Å². The molecule has 0 aromatic heterocycles. The van der Waals surface area contributed by atoms with Crippen molar-refractivity contribution in [2.75, 3.05) is 13.7 Å². The van der Waals surface area contributed by atoms with Gasteiger partial charge in [0.25, 0.3) is 10.0 Å². The summed E-state index contributed by atoms with van der Waals surface area (Å²) in [5, 5.41) is 15.2. The van der Waals surface area contributed by atoms with Gasteiger partial charge in [-0.15, -0.1) is 0 Å². The van der Waals surface area contributed by atoms with Gasteiger partial charge in [0.2, 0.25) is 5.75 Å². The monoisotopic (exact) mass is 435 g/mol. The molecule has 0 aliphatic rings. The first-order valence-electron chi connectivity index (χ1n) is 9.31. The minimum atomic E-state index is -3.87. The van der Waals surface area contributed by atoms with E-state index in [0.29, 0.717) is 6.61 Å². The molecule has 2 aromatic rings. The summed E-state index contributed by atoms with van der Waals surface area (Å²) in [5.74, 6) is 0.197. The van der Waals surface area contributed by atoms with E-state index in [0.717, 1.165) is 24.0 Å². The van der Waals surface area contributed by atoms with Crippen LogP contribution in [0, 0.1) is 24.0 Å². The first kappa shape index (κ1) is 23.1. The molecule has 0 saturated carbocycles. The molecule has 0 amide bonds. The van der Waals surface area contributed by atoms with E-state index in [1.807, 2.05) is 20.8 Å². The normalized spacial score (nSPS) is 11.5. The molecule has 30 heavy (non-hydrogen) atoms. The van der Waals surface area contributed by atoms with Gasteiger partial charge in [0.15, 0.2) is 5.75 Å². The van der Waals surface area contributed by atoms with Crippen molar-refractivity contribution in [2.45, 2.75) is 38.5 Å². The predicted molar refractivity (Wildman–Crippen MR) is 114 cm³/mol. The number of nitro groups is 1. The second-order valence-corrected chi connectivity index (χ2v) is 8.29. The largest absolute Gasteiger partial charge is 0.493 e. The number of methoxy groups -OCH3 is 1. The Labute approximate surface area is 175 Å². The van der Waals surface area contributed by atoms with Gasteiger partial charge in [-0.1, -0.05) is 19.4 Å². The van der Waals surface area contributed by atoms with Gasteiger partial charge in [-0.05, 0) is 49.6 Å². The molecule has 0 spiro atoms. The number of sulfonamides is 1. The fourth-order valence-corrected chi connectivity index (χ4v) is 3.41. The summed E-state index contributed by atoms with van der Waals surface area (Å²) in [5.41, 5.74) is 1.80. The van der Waals surface area contributed by atoms with E-state index >= 15 is 0 Å². The molecule has 0 heterocycles. The number of nitrogens with one attached hydrogen (secondary N) is 1. The number of rotatable bonds is 10. The van der Waals surface area contributed by atoms with Crippen molar-refractivity contribution in [2.24, 2.45) is 5.10 Å². The Hall–Kier alpha value is -3.14. The zero-order valence-electron chi connectivity index (χ0n) is 17.3. The number of nitro benzene ring substituents is 1. The molecular weight excluding hydrogens is 410 g/mol. The quantitative estimate of drug-likeness (QED) is 0.263. The Morgan fingerprint density at radius 2 is 1.93 bits per heavy atom. The second-order valence-electron chi connectivity index (χ2n) is 6.63. The number of hydrogen-bond acceptors (Lipinski definition) is 7. The fraction of sp³-hybridized carbons (Fsp3) is 0.350. The molecule has 2 rings (SSSR count). The first-order valence-corrected chi connectivity index (χ1v) is 10.8. The van der Waals surface area contributed by atoms with Crippen molar-refractivity contribution >= 4 is 21.9 Å². The first-order chi connectivity index (χ1) is 14.2. The third-order valence-corrected chi connectivity index (χ3v) is 5.61. The van der Waals surface area contributed by atoms with Crippen LogP contribution in [0.4, 0.5) is 5.69 Å². The van der Waals surface area contributed by atoms with Crippen LogP contribution in [0.15, 0.2) is 40.3 Å². The standard InChI is InChI=1S/C20H25N3O6S/c1-5-6-9-29-20-18(23(24)25)11-16(12-19(20)28-4)13-21-22-30(26,27)17-8-7-14(2)15(3)10-17/h7-8,10-13,22H,5-6,9H2,1-4H3/b21-13+. The number of hydrogen-bond donors (Lipinski definition) is 1. The van der Waals surface area contributed by atoms with Crippen molar-refractivity contribution in [1.82, 2.24) is 4.83 Å². The van der Waals surface area contributed by atoms with Crippen LogP contribution < -0.4 is 14.3 Å². The van der Waals surface area contributed by atoms with Crippen LogP contribution >= 0.6 is 0 Å². The van der Waals surface area contributed by atoms with E-state index in [1.54, 1.807) is 12.1 Å².